The number of carbonyl (C=O) groups is 1. The van der Waals surface area contributed by atoms with Crippen LogP contribution in [0.25, 0.3) is 11.3 Å². The summed E-state index contributed by atoms with van der Waals surface area (Å²) < 4.78 is 6.12. The number of amides is 1. The highest BCUT2D eigenvalue weighted by molar-refractivity contribution is 5.78. The number of ether oxygens (including phenoxy) is 1. The summed E-state index contributed by atoms with van der Waals surface area (Å²) in [6, 6.07) is 10.2. The molecule has 23 heavy (non-hydrogen) atoms. The van der Waals surface area contributed by atoms with E-state index in [0.717, 1.165) is 29.0 Å². The number of aryl methyl sites for hydroxylation is 1. The maximum atomic E-state index is 11.7. The van der Waals surface area contributed by atoms with Crippen LogP contribution in [0.2, 0.25) is 0 Å². The number of para-hydroxylation sites is 1. The number of benzene rings is 1. The van der Waals surface area contributed by atoms with Gasteiger partial charge in [0.2, 0.25) is 5.91 Å². The summed E-state index contributed by atoms with van der Waals surface area (Å²) in [6.45, 7) is 6.37. The lowest BCUT2D eigenvalue weighted by atomic mass is 10.0. The SMILES string of the molecule is Cc1cccnc1-c1cccc2c1O[C@H](CNC(=O)C(C)C)C2. The maximum absolute atomic E-state index is 11.7. The van der Waals surface area contributed by atoms with Gasteiger partial charge in [-0.25, -0.2) is 0 Å². The highest BCUT2D eigenvalue weighted by Gasteiger charge is 2.27. The molecule has 1 amide bonds. The van der Waals surface area contributed by atoms with Crippen LogP contribution in [-0.2, 0) is 11.2 Å². The summed E-state index contributed by atoms with van der Waals surface area (Å²) in [5.74, 6) is 0.953. The molecule has 4 nitrogen and oxygen atoms in total. The average molecular weight is 310 g/mol. The van der Waals surface area contributed by atoms with E-state index in [1.54, 1.807) is 6.20 Å². The first-order valence-corrected chi connectivity index (χ1v) is 8.04. The summed E-state index contributed by atoms with van der Waals surface area (Å²) in [5, 5.41) is 2.95. The standard InChI is InChI=1S/C19H22N2O2/c1-12(2)19(22)21-11-15-10-14-7-4-8-16(18(14)23-15)17-13(3)6-5-9-20-17/h4-9,12,15H,10-11H2,1-3H3,(H,21,22)/t15-/m0/s1. The van der Waals surface area contributed by atoms with E-state index in [4.69, 9.17) is 4.74 Å². The van der Waals surface area contributed by atoms with Crippen LogP contribution in [-0.4, -0.2) is 23.5 Å². The van der Waals surface area contributed by atoms with Crippen LogP contribution in [0.4, 0.5) is 0 Å². The molecule has 120 valence electrons. The van der Waals surface area contributed by atoms with Gasteiger partial charge < -0.3 is 10.1 Å². The molecule has 0 bridgehead atoms. The van der Waals surface area contributed by atoms with Gasteiger partial charge in [-0.3, -0.25) is 9.78 Å². The van der Waals surface area contributed by atoms with Crippen LogP contribution in [0, 0.1) is 12.8 Å². The number of rotatable bonds is 4. The molecule has 0 saturated heterocycles. The van der Waals surface area contributed by atoms with Crippen molar-refractivity contribution in [2.24, 2.45) is 5.92 Å². The maximum Gasteiger partial charge on any atom is 0.222 e. The van der Waals surface area contributed by atoms with E-state index < -0.39 is 0 Å². The van der Waals surface area contributed by atoms with E-state index >= 15 is 0 Å². The molecule has 1 aliphatic rings. The third-order valence-corrected chi connectivity index (χ3v) is 4.12. The number of fused-ring (bicyclic) bond motifs is 1. The topological polar surface area (TPSA) is 51.2 Å². The van der Waals surface area contributed by atoms with Crippen molar-refractivity contribution in [1.29, 1.82) is 0 Å². The van der Waals surface area contributed by atoms with Gasteiger partial charge in [-0.05, 0) is 30.2 Å². The molecule has 1 aliphatic heterocycles. The molecule has 1 atom stereocenters. The summed E-state index contributed by atoms with van der Waals surface area (Å²) in [4.78, 5) is 16.2. The van der Waals surface area contributed by atoms with Gasteiger partial charge >= 0.3 is 0 Å². The summed E-state index contributed by atoms with van der Waals surface area (Å²) >= 11 is 0. The van der Waals surface area contributed by atoms with Crippen molar-refractivity contribution in [2.45, 2.75) is 33.3 Å². The fourth-order valence-electron chi connectivity index (χ4n) is 2.82. The van der Waals surface area contributed by atoms with E-state index in [2.05, 4.69) is 29.4 Å². The van der Waals surface area contributed by atoms with E-state index in [-0.39, 0.29) is 17.9 Å². The molecular weight excluding hydrogens is 288 g/mol. The highest BCUT2D eigenvalue weighted by Crippen LogP contribution is 2.38. The zero-order valence-electron chi connectivity index (χ0n) is 13.8. The smallest absolute Gasteiger partial charge is 0.222 e. The highest BCUT2D eigenvalue weighted by atomic mass is 16.5. The van der Waals surface area contributed by atoms with E-state index in [1.165, 1.54) is 5.56 Å². The van der Waals surface area contributed by atoms with E-state index in [1.807, 2.05) is 32.0 Å². The number of aromatic nitrogens is 1. The molecule has 0 unspecified atom stereocenters. The predicted molar refractivity (Wildman–Crippen MR) is 90.4 cm³/mol. The van der Waals surface area contributed by atoms with Gasteiger partial charge in [0.05, 0.1) is 12.2 Å². The fourth-order valence-corrected chi connectivity index (χ4v) is 2.82. The van der Waals surface area contributed by atoms with Gasteiger partial charge in [0.25, 0.3) is 0 Å². The third kappa shape index (κ3) is 3.21. The molecule has 0 aliphatic carbocycles. The molecule has 0 saturated carbocycles. The minimum Gasteiger partial charge on any atom is -0.487 e. The monoisotopic (exact) mass is 310 g/mol. The largest absolute Gasteiger partial charge is 0.487 e. The first kappa shape index (κ1) is 15.5. The van der Waals surface area contributed by atoms with Crippen LogP contribution in [0.5, 0.6) is 5.75 Å². The lowest BCUT2D eigenvalue weighted by Gasteiger charge is -2.14. The zero-order valence-corrected chi connectivity index (χ0v) is 13.8. The normalized spacial score (nSPS) is 16.1. The van der Waals surface area contributed by atoms with Crippen molar-refractivity contribution in [2.75, 3.05) is 6.54 Å². The Morgan fingerprint density at radius 1 is 1.35 bits per heavy atom. The van der Waals surface area contributed by atoms with Crippen molar-refractivity contribution >= 4 is 5.91 Å². The fraction of sp³-hybridized carbons (Fsp3) is 0.368. The number of nitrogens with zero attached hydrogens (tertiary/aromatic N) is 1. The number of pyridine rings is 1. The number of nitrogens with one attached hydrogen (secondary N) is 1. The van der Waals surface area contributed by atoms with Crippen molar-refractivity contribution in [1.82, 2.24) is 10.3 Å². The van der Waals surface area contributed by atoms with E-state index in [0.29, 0.717) is 6.54 Å². The molecule has 2 aromatic rings. The summed E-state index contributed by atoms with van der Waals surface area (Å²) in [6.07, 6.45) is 2.60. The first-order valence-electron chi connectivity index (χ1n) is 8.04. The van der Waals surface area contributed by atoms with Gasteiger partial charge in [-0.1, -0.05) is 32.0 Å². The minimum atomic E-state index is -0.0159. The molecule has 2 heterocycles. The van der Waals surface area contributed by atoms with Crippen molar-refractivity contribution in [3.63, 3.8) is 0 Å². The number of carbonyl (C=O) groups excluding carboxylic acids is 1. The van der Waals surface area contributed by atoms with Crippen LogP contribution in [0.1, 0.15) is 25.0 Å². The Morgan fingerprint density at radius 3 is 2.91 bits per heavy atom. The Labute approximate surface area is 136 Å². The molecule has 1 aromatic heterocycles. The summed E-state index contributed by atoms with van der Waals surface area (Å²) in [7, 11) is 0. The second-order valence-corrected chi connectivity index (χ2v) is 6.31. The average Bonchev–Trinajstić information content (AvgIpc) is 2.96. The van der Waals surface area contributed by atoms with E-state index in [9.17, 15) is 4.79 Å². The Balaban J connectivity index is 1.80. The lowest BCUT2D eigenvalue weighted by Crippen LogP contribution is -2.36. The van der Waals surface area contributed by atoms with Crippen LogP contribution in [0.3, 0.4) is 0 Å². The second kappa shape index (κ2) is 6.41. The van der Waals surface area contributed by atoms with Crippen LogP contribution in [0.15, 0.2) is 36.5 Å². The lowest BCUT2D eigenvalue weighted by molar-refractivity contribution is -0.124. The Bertz CT molecular complexity index is 725. The Morgan fingerprint density at radius 2 is 2.17 bits per heavy atom. The van der Waals surface area contributed by atoms with Crippen molar-refractivity contribution in [3.05, 3.63) is 47.7 Å². The van der Waals surface area contributed by atoms with Gasteiger partial charge in [0.1, 0.15) is 11.9 Å². The van der Waals surface area contributed by atoms with Gasteiger partial charge in [-0.2, -0.15) is 0 Å². The number of hydrogen-bond acceptors (Lipinski definition) is 3. The predicted octanol–water partition coefficient (Wildman–Crippen LogP) is 3.13. The second-order valence-electron chi connectivity index (χ2n) is 6.31. The molecule has 1 N–H and O–H groups in total. The summed E-state index contributed by atoms with van der Waals surface area (Å²) in [5.41, 5.74) is 4.28. The molecule has 4 heteroatoms. The first-order chi connectivity index (χ1) is 11.1. The van der Waals surface area contributed by atoms with Crippen molar-refractivity contribution < 1.29 is 9.53 Å². The molecule has 0 spiro atoms. The van der Waals surface area contributed by atoms with Gasteiger partial charge in [0, 0.05) is 24.1 Å². The molecule has 0 fully saturated rings. The minimum absolute atomic E-state index is 0.00879. The third-order valence-electron chi connectivity index (χ3n) is 4.12. The van der Waals surface area contributed by atoms with Crippen molar-refractivity contribution in [3.8, 4) is 17.0 Å². The number of hydrogen-bond donors (Lipinski definition) is 1. The Kier molecular flexibility index (Phi) is 4.33. The molecule has 3 rings (SSSR count). The van der Waals surface area contributed by atoms with Crippen LogP contribution >= 0.6 is 0 Å². The molecule has 1 aromatic carbocycles. The molecule has 0 radical (unpaired) electrons. The van der Waals surface area contributed by atoms with Gasteiger partial charge in [0.15, 0.2) is 0 Å². The van der Waals surface area contributed by atoms with Crippen LogP contribution < -0.4 is 10.1 Å². The van der Waals surface area contributed by atoms with Gasteiger partial charge in [-0.15, -0.1) is 0 Å². The Hall–Kier alpha value is -2.36. The zero-order chi connectivity index (χ0) is 16.4. The quantitative estimate of drug-likeness (QED) is 0.944. The molecular formula is C19H22N2O2.